The molecule has 2 N–H and O–H groups in total. The molecule has 6 nitrogen and oxygen atoms in total. The van der Waals surface area contributed by atoms with Crippen molar-refractivity contribution in [2.24, 2.45) is 5.73 Å². The Hall–Kier alpha value is -1.40. The molecule has 0 unspecified atom stereocenters. The van der Waals surface area contributed by atoms with Crippen molar-refractivity contribution in [2.45, 2.75) is 6.10 Å². The van der Waals surface area contributed by atoms with E-state index < -0.39 is 0 Å². The van der Waals surface area contributed by atoms with Crippen molar-refractivity contribution in [3.8, 4) is 5.88 Å². The van der Waals surface area contributed by atoms with Crippen LogP contribution in [0.5, 0.6) is 5.88 Å². The van der Waals surface area contributed by atoms with Crippen LogP contribution in [0.2, 0.25) is 0 Å². The Morgan fingerprint density at radius 3 is 3.12 bits per heavy atom. The Morgan fingerprint density at radius 1 is 1.56 bits per heavy atom. The fraction of sp³-hybridized carbons (Fsp3) is 0.600. The Labute approximate surface area is 94.4 Å². The average Bonchev–Trinajstić information content (AvgIpc) is 2.38. The van der Waals surface area contributed by atoms with Crippen LogP contribution >= 0.6 is 0 Å². The zero-order valence-corrected chi connectivity index (χ0v) is 9.30. The summed E-state index contributed by atoms with van der Waals surface area (Å²) in [4.78, 5) is 10.5. The number of nitrogens with two attached hydrogens (primary N) is 1. The number of anilines is 1. The molecule has 1 fully saturated rings. The number of methoxy groups -OCH3 is 1. The summed E-state index contributed by atoms with van der Waals surface area (Å²) < 4.78 is 10.7. The maximum atomic E-state index is 5.60. The summed E-state index contributed by atoms with van der Waals surface area (Å²) in [6.45, 7) is 2.68. The van der Waals surface area contributed by atoms with Gasteiger partial charge in [-0.2, -0.15) is 0 Å². The fourth-order valence-electron chi connectivity index (χ4n) is 1.73. The van der Waals surface area contributed by atoms with Gasteiger partial charge in [0, 0.05) is 32.0 Å². The Morgan fingerprint density at radius 2 is 2.38 bits per heavy atom. The number of rotatable bonds is 3. The third kappa shape index (κ3) is 2.23. The summed E-state index contributed by atoms with van der Waals surface area (Å²) in [7, 11) is 1.59. The molecule has 0 saturated carbocycles. The minimum Gasteiger partial charge on any atom is -0.478 e. The van der Waals surface area contributed by atoms with Crippen molar-refractivity contribution in [3.05, 3.63) is 12.4 Å². The molecule has 2 rings (SSSR count). The molecular weight excluding hydrogens is 208 g/mol. The van der Waals surface area contributed by atoms with Crippen molar-refractivity contribution in [1.82, 2.24) is 9.97 Å². The van der Waals surface area contributed by atoms with E-state index in [2.05, 4.69) is 14.9 Å². The van der Waals surface area contributed by atoms with E-state index >= 15 is 0 Å². The van der Waals surface area contributed by atoms with E-state index in [9.17, 15) is 0 Å². The van der Waals surface area contributed by atoms with Gasteiger partial charge in [0.2, 0.25) is 0 Å². The average molecular weight is 224 g/mol. The number of aromatic nitrogens is 2. The lowest BCUT2D eigenvalue weighted by Gasteiger charge is -2.33. The molecule has 6 heteroatoms. The molecule has 1 aromatic heterocycles. The first kappa shape index (κ1) is 11.1. The lowest BCUT2D eigenvalue weighted by molar-refractivity contribution is 0.0461. The van der Waals surface area contributed by atoms with E-state index in [4.69, 9.17) is 15.2 Å². The minimum absolute atomic E-state index is 0.0560. The minimum atomic E-state index is 0.0560. The highest BCUT2D eigenvalue weighted by Gasteiger charge is 2.23. The third-order valence-electron chi connectivity index (χ3n) is 2.54. The molecule has 0 bridgehead atoms. The van der Waals surface area contributed by atoms with Gasteiger partial charge in [-0.25, -0.2) is 9.97 Å². The lowest BCUT2D eigenvalue weighted by atomic mass is 10.2. The van der Waals surface area contributed by atoms with Gasteiger partial charge >= 0.3 is 0 Å². The van der Waals surface area contributed by atoms with Gasteiger partial charge in [-0.1, -0.05) is 0 Å². The van der Waals surface area contributed by atoms with Gasteiger partial charge in [0.15, 0.2) is 5.82 Å². The molecule has 0 radical (unpaired) electrons. The Bertz CT molecular complexity index is 347. The molecule has 0 spiro atoms. The zero-order valence-electron chi connectivity index (χ0n) is 9.30. The summed E-state index contributed by atoms with van der Waals surface area (Å²) in [5.41, 5.74) is 5.60. The van der Waals surface area contributed by atoms with Gasteiger partial charge in [-0.15, -0.1) is 0 Å². The second kappa shape index (κ2) is 5.09. The first-order valence-electron chi connectivity index (χ1n) is 5.26. The van der Waals surface area contributed by atoms with Gasteiger partial charge in [0.1, 0.15) is 0 Å². The molecule has 0 amide bonds. The van der Waals surface area contributed by atoms with Gasteiger partial charge in [0.25, 0.3) is 5.88 Å². The molecule has 1 saturated heterocycles. The van der Waals surface area contributed by atoms with Crippen LogP contribution in [0.3, 0.4) is 0 Å². The van der Waals surface area contributed by atoms with E-state index in [0.29, 0.717) is 19.0 Å². The first-order chi connectivity index (χ1) is 7.85. The van der Waals surface area contributed by atoms with Crippen LogP contribution in [0, 0.1) is 0 Å². The number of hydrogen-bond acceptors (Lipinski definition) is 6. The van der Waals surface area contributed by atoms with E-state index in [0.717, 1.165) is 18.9 Å². The second-order valence-electron chi connectivity index (χ2n) is 3.56. The van der Waals surface area contributed by atoms with Crippen LogP contribution in [0.1, 0.15) is 0 Å². The highest BCUT2D eigenvalue weighted by atomic mass is 16.5. The van der Waals surface area contributed by atoms with Crippen LogP contribution < -0.4 is 15.4 Å². The SMILES string of the molecule is COc1nccnc1N1CCO[C@H](CN)C1. The van der Waals surface area contributed by atoms with E-state index in [1.165, 1.54) is 0 Å². The van der Waals surface area contributed by atoms with Crippen molar-refractivity contribution >= 4 is 5.82 Å². The van der Waals surface area contributed by atoms with Crippen LogP contribution in [-0.2, 0) is 4.74 Å². The number of hydrogen-bond donors (Lipinski definition) is 1. The lowest BCUT2D eigenvalue weighted by Crippen LogP contribution is -2.46. The smallest absolute Gasteiger partial charge is 0.257 e. The fourth-order valence-corrected chi connectivity index (χ4v) is 1.73. The molecule has 1 atom stereocenters. The highest BCUT2D eigenvalue weighted by Crippen LogP contribution is 2.23. The summed E-state index contributed by atoms with van der Waals surface area (Å²) in [5, 5.41) is 0. The van der Waals surface area contributed by atoms with Gasteiger partial charge < -0.3 is 20.1 Å². The standard InChI is InChI=1S/C10H16N4O2/c1-15-10-9(12-2-3-13-10)14-4-5-16-8(6-11)7-14/h2-3,8H,4-7,11H2,1H3/t8-/m1/s1. The summed E-state index contributed by atoms with van der Waals surface area (Å²) >= 11 is 0. The normalized spacial score (nSPS) is 20.9. The van der Waals surface area contributed by atoms with Crippen LogP contribution in [0.25, 0.3) is 0 Å². The van der Waals surface area contributed by atoms with Gasteiger partial charge in [0.05, 0.1) is 19.8 Å². The monoisotopic (exact) mass is 224 g/mol. The maximum absolute atomic E-state index is 5.60. The van der Waals surface area contributed by atoms with E-state index in [1.54, 1.807) is 19.5 Å². The van der Waals surface area contributed by atoms with Crippen LogP contribution in [0.15, 0.2) is 12.4 Å². The van der Waals surface area contributed by atoms with Crippen LogP contribution in [-0.4, -0.2) is 49.4 Å². The quantitative estimate of drug-likeness (QED) is 0.756. The van der Waals surface area contributed by atoms with Gasteiger partial charge in [-0.3, -0.25) is 0 Å². The first-order valence-corrected chi connectivity index (χ1v) is 5.26. The van der Waals surface area contributed by atoms with Crippen LogP contribution in [0.4, 0.5) is 5.82 Å². The number of ether oxygens (including phenoxy) is 2. The van der Waals surface area contributed by atoms with Gasteiger partial charge in [-0.05, 0) is 0 Å². The van der Waals surface area contributed by atoms with E-state index in [1.807, 2.05) is 0 Å². The molecule has 1 aliphatic heterocycles. The second-order valence-corrected chi connectivity index (χ2v) is 3.56. The molecule has 0 aromatic carbocycles. The Kier molecular flexibility index (Phi) is 3.53. The Balaban J connectivity index is 2.16. The summed E-state index contributed by atoms with van der Waals surface area (Å²) in [6, 6.07) is 0. The summed E-state index contributed by atoms with van der Waals surface area (Å²) in [6.07, 6.45) is 3.33. The molecule has 0 aliphatic carbocycles. The molecule has 1 aromatic rings. The number of morpholine rings is 1. The predicted molar refractivity (Wildman–Crippen MR) is 59.6 cm³/mol. The third-order valence-corrected chi connectivity index (χ3v) is 2.54. The highest BCUT2D eigenvalue weighted by molar-refractivity contribution is 5.48. The van der Waals surface area contributed by atoms with E-state index in [-0.39, 0.29) is 6.10 Å². The number of nitrogens with zero attached hydrogens (tertiary/aromatic N) is 3. The molecule has 1 aliphatic rings. The molecule has 16 heavy (non-hydrogen) atoms. The molecule has 2 heterocycles. The van der Waals surface area contributed by atoms with Crippen molar-refractivity contribution in [2.75, 3.05) is 38.3 Å². The van der Waals surface area contributed by atoms with Crippen molar-refractivity contribution in [3.63, 3.8) is 0 Å². The molecule has 88 valence electrons. The van der Waals surface area contributed by atoms with Crippen molar-refractivity contribution in [1.29, 1.82) is 0 Å². The largest absolute Gasteiger partial charge is 0.478 e. The van der Waals surface area contributed by atoms with Crippen molar-refractivity contribution < 1.29 is 9.47 Å². The topological polar surface area (TPSA) is 73.5 Å². The maximum Gasteiger partial charge on any atom is 0.257 e. The zero-order chi connectivity index (χ0) is 11.4. The molecular formula is C10H16N4O2. The predicted octanol–water partition coefficient (Wildman–Crippen LogP) is -0.351. The summed E-state index contributed by atoms with van der Waals surface area (Å²) in [5.74, 6) is 1.30.